The van der Waals surface area contributed by atoms with Gasteiger partial charge in [-0.15, -0.1) is 11.3 Å². The zero-order valence-corrected chi connectivity index (χ0v) is 15.4. The highest BCUT2D eigenvalue weighted by Gasteiger charge is 2.30. The van der Waals surface area contributed by atoms with Crippen molar-refractivity contribution in [3.63, 3.8) is 0 Å². The molecule has 142 valence electrons. The molecule has 4 nitrogen and oxygen atoms in total. The van der Waals surface area contributed by atoms with E-state index in [4.69, 9.17) is 4.74 Å². The summed E-state index contributed by atoms with van der Waals surface area (Å²) in [6.07, 6.45) is -3.08. The highest BCUT2D eigenvalue weighted by molar-refractivity contribution is 7.11. The molecule has 1 N–H and O–H groups in total. The van der Waals surface area contributed by atoms with E-state index in [0.29, 0.717) is 16.5 Å². The molecule has 0 saturated carbocycles. The first kappa shape index (κ1) is 19.5. The van der Waals surface area contributed by atoms with Crippen LogP contribution in [0.2, 0.25) is 0 Å². The van der Waals surface area contributed by atoms with Crippen LogP contribution in [0.5, 0.6) is 5.75 Å². The van der Waals surface area contributed by atoms with E-state index in [-0.39, 0.29) is 11.3 Å². The fourth-order valence-corrected chi connectivity index (χ4v) is 3.19. The fourth-order valence-electron chi connectivity index (χ4n) is 2.40. The number of rotatable bonds is 5. The molecule has 0 saturated heterocycles. The number of ether oxygens (including phenoxy) is 1. The third-order valence-corrected chi connectivity index (χ3v) is 4.67. The molecule has 0 atom stereocenters. The number of nitriles is 1. The molecule has 0 amide bonds. The molecule has 3 rings (SSSR count). The van der Waals surface area contributed by atoms with Crippen LogP contribution in [0.1, 0.15) is 10.6 Å². The predicted octanol–water partition coefficient (Wildman–Crippen LogP) is 5.81. The molecule has 0 unspecified atom stereocenters. The summed E-state index contributed by atoms with van der Waals surface area (Å²) in [7, 11) is 1.57. The Morgan fingerprint density at radius 2 is 2.00 bits per heavy atom. The summed E-state index contributed by atoms with van der Waals surface area (Å²) in [4.78, 5) is 4.45. The summed E-state index contributed by atoms with van der Waals surface area (Å²) in [6, 6.07) is 14.1. The lowest BCUT2D eigenvalue weighted by molar-refractivity contribution is -0.137. The van der Waals surface area contributed by atoms with Crippen LogP contribution >= 0.6 is 11.3 Å². The third-order valence-electron chi connectivity index (χ3n) is 3.79. The lowest BCUT2D eigenvalue weighted by atomic mass is 10.1. The Morgan fingerprint density at radius 1 is 1.21 bits per heavy atom. The summed E-state index contributed by atoms with van der Waals surface area (Å²) in [5.74, 6) is 0.689. The van der Waals surface area contributed by atoms with Gasteiger partial charge in [-0.25, -0.2) is 4.98 Å². The maximum Gasteiger partial charge on any atom is 0.416 e. The van der Waals surface area contributed by atoms with Crippen molar-refractivity contribution in [2.24, 2.45) is 0 Å². The van der Waals surface area contributed by atoms with Gasteiger partial charge < -0.3 is 10.1 Å². The highest BCUT2D eigenvalue weighted by Crippen LogP contribution is 2.31. The van der Waals surface area contributed by atoms with Crippen molar-refractivity contribution in [1.29, 1.82) is 5.26 Å². The van der Waals surface area contributed by atoms with E-state index in [9.17, 15) is 18.4 Å². The van der Waals surface area contributed by atoms with Gasteiger partial charge in [0, 0.05) is 22.8 Å². The maximum atomic E-state index is 12.8. The Morgan fingerprint density at radius 3 is 2.71 bits per heavy atom. The summed E-state index contributed by atoms with van der Waals surface area (Å²) in [6.45, 7) is 0. The smallest absolute Gasteiger partial charge is 0.416 e. The number of benzene rings is 2. The van der Waals surface area contributed by atoms with Crippen molar-refractivity contribution in [3.8, 4) is 23.1 Å². The van der Waals surface area contributed by atoms with Gasteiger partial charge in [0.15, 0.2) is 0 Å². The number of hydrogen-bond donors (Lipinski definition) is 1. The van der Waals surface area contributed by atoms with Gasteiger partial charge in [0.25, 0.3) is 0 Å². The minimum atomic E-state index is -4.43. The topological polar surface area (TPSA) is 57.9 Å². The number of nitrogens with one attached hydrogen (secondary N) is 1. The van der Waals surface area contributed by atoms with E-state index >= 15 is 0 Å². The molecule has 3 aromatic rings. The summed E-state index contributed by atoms with van der Waals surface area (Å²) in [5, 5.41) is 14.4. The van der Waals surface area contributed by atoms with Crippen molar-refractivity contribution in [2.75, 3.05) is 12.4 Å². The van der Waals surface area contributed by atoms with E-state index in [1.54, 1.807) is 12.5 Å². The van der Waals surface area contributed by atoms with Gasteiger partial charge in [0.2, 0.25) is 0 Å². The molecule has 0 aliphatic rings. The number of methoxy groups -OCH3 is 1. The van der Waals surface area contributed by atoms with E-state index in [0.717, 1.165) is 17.7 Å². The number of halogens is 3. The zero-order valence-electron chi connectivity index (χ0n) is 14.6. The van der Waals surface area contributed by atoms with Crippen LogP contribution in [0.4, 0.5) is 18.9 Å². The van der Waals surface area contributed by atoms with Gasteiger partial charge in [-0.2, -0.15) is 18.4 Å². The molecule has 0 spiro atoms. The van der Waals surface area contributed by atoms with Crippen LogP contribution < -0.4 is 10.1 Å². The van der Waals surface area contributed by atoms with Crippen LogP contribution in [-0.2, 0) is 6.18 Å². The van der Waals surface area contributed by atoms with Gasteiger partial charge in [-0.1, -0.05) is 18.2 Å². The standard InChI is InChI=1S/C20H14F3N3OS/c1-27-17-7-2-4-13(8-17)18-12-28-19(26-18)14(10-24)11-25-16-6-3-5-15(9-16)20(21,22)23/h2-9,11-12,25H,1H3/b14-11-. The van der Waals surface area contributed by atoms with Crippen LogP contribution in [0, 0.1) is 11.3 Å². The van der Waals surface area contributed by atoms with Crippen molar-refractivity contribution >= 4 is 22.6 Å². The predicted molar refractivity (Wildman–Crippen MR) is 103 cm³/mol. The van der Waals surface area contributed by atoms with Gasteiger partial charge in [0.05, 0.1) is 18.4 Å². The number of alkyl halides is 3. The van der Waals surface area contributed by atoms with Gasteiger partial charge in [-0.3, -0.25) is 0 Å². The Kier molecular flexibility index (Phi) is 5.66. The Bertz CT molecular complexity index is 1050. The SMILES string of the molecule is COc1cccc(-c2csc(/C(C#N)=C\Nc3cccc(C(F)(F)F)c3)n2)c1. The van der Waals surface area contributed by atoms with E-state index in [2.05, 4.69) is 10.3 Å². The molecule has 0 aliphatic carbocycles. The average molecular weight is 401 g/mol. The van der Waals surface area contributed by atoms with E-state index in [1.165, 1.54) is 29.7 Å². The normalized spacial score (nSPS) is 11.8. The highest BCUT2D eigenvalue weighted by atomic mass is 32.1. The minimum absolute atomic E-state index is 0.219. The number of hydrogen-bond acceptors (Lipinski definition) is 5. The fraction of sp³-hybridized carbons (Fsp3) is 0.100. The van der Waals surface area contributed by atoms with Crippen LogP contribution in [-0.4, -0.2) is 12.1 Å². The lowest BCUT2D eigenvalue weighted by Crippen LogP contribution is -2.05. The molecule has 8 heteroatoms. The summed E-state index contributed by atoms with van der Waals surface area (Å²) < 4.78 is 43.6. The number of anilines is 1. The molecule has 28 heavy (non-hydrogen) atoms. The molecule has 0 fully saturated rings. The first-order valence-electron chi connectivity index (χ1n) is 8.05. The quantitative estimate of drug-likeness (QED) is 0.548. The molecule has 0 aliphatic heterocycles. The van der Waals surface area contributed by atoms with Crippen molar-refractivity contribution in [2.45, 2.75) is 6.18 Å². The molecular formula is C20H14F3N3OS. The van der Waals surface area contributed by atoms with Crippen LogP contribution in [0.3, 0.4) is 0 Å². The van der Waals surface area contributed by atoms with Crippen molar-refractivity contribution in [1.82, 2.24) is 4.98 Å². The van der Waals surface area contributed by atoms with Gasteiger partial charge >= 0.3 is 6.18 Å². The zero-order chi connectivity index (χ0) is 20.1. The second-order valence-electron chi connectivity index (χ2n) is 5.66. The monoisotopic (exact) mass is 401 g/mol. The summed E-state index contributed by atoms with van der Waals surface area (Å²) >= 11 is 1.27. The molecule has 1 heterocycles. The van der Waals surface area contributed by atoms with E-state index in [1.807, 2.05) is 30.3 Å². The number of aromatic nitrogens is 1. The largest absolute Gasteiger partial charge is 0.497 e. The Balaban J connectivity index is 1.83. The third kappa shape index (κ3) is 4.50. The van der Waals surface area contributed by atoms with E-state index < -0.39 is 11.7 Å². The average Bonchev–Trinajstić information content (AvgIpc) is 3.18. The molecule has 0 radical (unpaired) electrons. The minimum Gasteiger partial charge on any atom is -0.497 e. The molecule has 2 aromatic carbocycles. The second-order valence-corrected chi connectivity index (χ2v) is 6.52. The molecule has 0 bridgehead atoms. The maximum absolute atomic E-state index is 12.8. The van der Waals surface area contributed by atoms with Crippen LogP contribution in [0.25, 0.3) is 16.8 Å². The van der Waals surface area contributed by atoms with Crippen molar-refractivity contribution < 1.29 is 17.9 Å². The van der Waals surface area contributed by atoms with Crippen LogP contribution in [0.15, 0.2) is 60.1 Å². The second kappa shape index (κ2) is 8.15. The molecular weight excluding hydrogens is 387 g/mol. The Labute approximate surface area is 163 Å². The lowest BCUT2D eigenvalue weighted by Gasteiger charge is -2.08. The summed E-state index contributed by atoms with van der Waals surface area (Å²) in [5.41, 5.74) is 1.20. The first-order chi connectivity index (χ1) is 13.4. The number of thiazole rings is 1. The molecule has 1 aromatic heterocycles. The first-order valence-corrected chi connectivity index (χ1v) is 8.93. The van der Waals surface area contributed by atoms with Gasteiger partial charge in [0.1, 0.15) is 22.4 Å². The number of allylic oxidation sites excluding steroid dienone is 1. The van der Waals surface area contributed by atoms with Crippen molar-refractivity contribution in [3.05, 3.63) is 70.7 Å². The van der Waals surface area contributed by atoms with Gasteiger partial charge in [-0.05, 0) is 30.3 Å². The Hall–Kier alpha value is -3.31. The number of nitrogens with zero attached hydrogens (tertiary/aromatic N) is 2.